The number of nitrogens with one attached hydrogen (secondary N) is 3. The summed E-state index contributed by atoms with van der Waals surface area (Å²) in [6.45, 7) is 3.54. The molecule has 134 valence electrons. The van der Waals surface area contributed by atoms with Gasteiger partial charge in [-0.3, -0.25) is 9.89 Å². The third kappa shape index (κ3) is 3.31. The molecule has 4 rings (SSSR count). The number of rotatable bonds is 4. The molecule has 3 N–H and O–H groups in total. The highest BCUT2D eigenvalue weighted by molar-refractivity contribution is 7.11. The van der Waals surface area contributed by atoms with E-state index in [0.29, 0.717) is 16.9 Å². The fourth-order valence-electron chi connectivity index (χ4n) is 2.85. The Balaban J connectivity index is 1.51. The Bertz CT molecular complexity index is 917. The molecule has 3 aromatic rings. The van der Waals surface area contributed by atoms with Crippen LogP contribution in [0.25, 0.3) is 11.3 Å². The first kappa shape index (κ1) is 16.7. The van der Waals surface area contributed by atoms with Crippen molar-refractivity contribution in [3.05, 3.63) is 48.0 Å². The normalized spacial score (nSPS) is 14.4. The first-order valence-corrected chi connectivity index (χ1v) is 9.02. The number of piperazine rings is 1. The molecule has 3 heterocycles. The van der Waals surface area contributed by atoms with Gasteiger partial charge in [-0.1, -0.05) is 12.1 Å². The number of aromatic amines is 1. The third-order valence-corrected chi connectivity index (χ3v) is 5.04. The maximum absolute atomic E-state index is 13.9. The zero-order valence-electron chi connectivity index (χ0n) is 13.8. The van der Waals surface area contributed by atoms with Crippen LogP contribution in [0.1, 0.15) is 10.5 Å². The average Bonchev–Trinajstić information content (AvgIpc) is 3.32. The summed E-state index contributed by atoms with van der Waals surface area (Å²) >= 11 is 1.36. The second-order valence-electron chi connectivity index (χ2n) is 5.88. The number of carbonyl (C=O) groups excluding carboxylic acids is 1. The van der Waals surface area contributed by atoms with Crippen molar-refractivity contribution in [1.29, 1.82) is 0 Å². The van der Waals surface area contributed by atoms with Gasteiger partial charge in [0.05, 0.1) is 17.6 Å². The van der Waals surface area contributed by atoms with E-state index in [0.717, 1.165) is 31.2 Å². The molecular weight excluding hydrogens is 355 g/mol. The van der Waals surface area contributed by atoms with Gasteiger partial charge in [0.25, 0.3) is 5.91 Å². The zero-order valence-corrected chi connectivity index (χ0v) is 14.6. The lowest BCUT2D eigenvalue weighted by Gasteiger charge is -2.28. The molecule has 1 saturated heterocycles. The number of nitrogens with zero attached hydrogens (tertiary/aromatic N) is 3. The molecule has 0 aliphatic carbocycles. The number of amides is 1. The number of carbonyl (C=O) groups is 1. The molecule has 0 unspecified atom stereocenters. The van der Waals surface area contributed by atoms with Crippen molar-refractivity contribution < 1.29 is 9.18 Å². The topological polar surface area (TPSA) is 85.9 Å². The van der Waals surface area contributed by atoms with Crippen LogP contribution in [0.3, 0.4) is 0 Å². The van der Waals surface area contributed by atoms with Crippen LogP contribution in [0.2, 0.25) is 0 Å². The van der Waals surface area contributed by atoms with E-state index < -0.39 is 0 Å². The van der Waals surface area contributed by atoms with Crippen LogP contribution in [-0.2, 0) is 0 Å². The standard InChI is InChI=1S/C17H17FN6OS/c18-12-4-2-1-3-11(12)13-9-14(23-22-13)16(25)21-15-10-20-26-17(15)24-7-5-19-6-8-24/h1-4,9-10,19H,5-8H2,(H,21,25)(H,22,23). The molecule has 9 heteroatoms. The van der Waals surface area contributed by atoms with Crippen molar-refractivity contribution >= 4 is 28.1 Å². The summed E-state index contributed by atoms with van der Waals surface area (Å²) < 4.78 is 18.1. The van der Waals surface area contributed by atoms with Gasteiger partial charge in [0.15, 0.2) is 0 Å². The van der Waals surface area contributed by atoms with Crippen molar-refractivity contribution in [3.63, 3.8) is 0 Å². The van der Waals surface area contributed by atoms with E-state index in [2.05, 4.69) is 30.1 Å². The molecule has 0 radical (unpaired) electrons. The minimum atomic E-state index is -0.381. The Kier molecular flexibility index (Phi) is 4.63. The Morgan fingerprint density at radius 1 is 1.27 bits per heavy atom. The Labute approximate surface area is 153 Å². The van der Waals surface area contributed by atoms with Crippen molar-refractivity contribution in [2.24, 2.45) is 0 Å². The summed E-state index contributed by atoms with van der Waals surface area (Å²) in [6, 6.07) is 7.86. The maximum Gasteiger partial charge on any atom is 0.273 e. The van der Waals surface area contributed by atoms with Gasteiger partial charge in [0, 0.05) is 31.7 Å². The summed E-state index contributed by atoms with van der Waals surface area (Å²) in [6.07, 6.45) is 1.65. The van der Waals surface area contributed by atoms with Crippen LogP contribution < -0.4 is 15.5 Å². The lowest BCUT2D eigenvalue weighted by Crippen LogP contribution is -2.43. The van der Waals surface area contributed by atoms with Crippen LogP contribution in [0.5, 0.6) is 0 Å². The molecule has 7 nitrogen and oxygen atoms in total. The second kappa shape index (κ2) is 7.22. The predicted molar refractivity (Wildman–Crippen MR) is 99.1 cm³/mol. The number of benzene rings is 1. The lowest BCUT2D eigenvalue weighted by atomic mass is 10.1. The summed E-state index contributed by atoms with van der Waals surface area (Å²) in [7, 11) is 0. The van der Waals surface area contributed by atoms with Crippen LogP contribution in [0.4, 0.5) is 15.1 Å². The molecule has 0 saturated carbocycles. The van der Waals surface area contributed by atoms with Gasteiger partial charge in [-0.15, -0.1) is 0 Å². The van der Waals surface area contributed by atoms with E-state index >= 15 is 0 Å². The van der Waals surface area contributed by atoms with Gasteiger partial charge in [-0.25, -0.2) is 4.39 Å². The second-order valence-corrected chi connectivity index (χ2v) is 6.66. The van der Waals surface area contributed by atoms with Crippen LogP contribution in [0, 0.1) is 5.82 Å². The van der Waals surface area contributed by atoms with Crippen LogP contribution in [0.15, 0.2) is 36.5 Å². The van der Waals surface area contributed by atoms with Gasteiger partial charge in [-0.05, 0) is 29.7 Å². The fourth-order valence-corrected chi connectivity index (χ4v) is 3.61. The quantitative estimate of drug-likeness (QED) is 0.654. The number of hydrogen-bond donors (Lipinski definition) is 3. The minimum Gasteiger partial charge on any atom is -0.358 e. The van der Waals surface area contributed by atoms with E-state index in [9.17, 15) is 9.18 Å². The molecule has 1 fully saturated rings. The van der Waals surface area contributed by atoms with E-state index in [-0.39, 0.29) is 17.4 Å². The molecule has 26 heavy (non-hydrogen) atoms. The largest absolute Gasteiger partial charge is 0.358 e. The Morgan fingerprint density at radius 2 is 2.08 bits per heavy atom. The number of anilines is 2. The van der Waals surface area contributed by atoms with E-state index in [1.807, 2.05) is 0 Å². The minimum absolute atomic E-state index is 0.265. The molecule has 0 atom stereocenters. The first-order valence-electron chi connectivity index (χ1n) is 8.24. The van der Waals surface area contributed by atoms with Gasteiger partial charge in [0.1, 0.15) is 16.5 Å². The summed E-state index contributed by atoms with van der Waals surface area (Å²) in [5, 5.41) is 13.8. The predicted octanol–water partition coefficient (Wildman–Crippen LogP) is 2.33. The molecule has 1 amide bonds. The first-order chi connectivity index (χ1) is 12.7. The number of H-pyrrole nitrogens is 1. The number of halogens is 1. The van der Waals surface area contributed by atoms with Crippen molar-refractivity contribution in [3.8, 4) is 11.3 Å². The number of hydrogen-bond acceptors (Lipinski definition) is 6. The van der Waals surface area contributed by atoms with Crippen LogP contribution in [-0.4, -0.2) is 46.7 Å². The monoisotopic (exact) mass is 372 g/mol. The fraction of sp³-hybridized carbons (Fsp3) is 0.235. The summed E-state index contributed by atoms with van der Waals surface area (Å²) in [5.41, 5.74) is 1.67. The van der Waals surface area contributed by atoms with E-state index in [4.69, 9.17) is 0 Å². The molecule has 0 bridgehead atoms. The lowest BCUT2D eigenvalue weighted by molar-refractivity contribution is 0.102. The zero-order chi connectivity index (χ0) is 17.9. The van der Waals surface area contributed by atoms with E-state index in [1.165, 1.54) is 23.7 Å². The summed E-state index contributed by atoms with van der Waals surface area (Å²) in [5.74, 6) is -0.717. The van der Waals surface area contributed by atoms with Gasteiger partial charge in [0.2, 0.25) is 0 Å². The van der Waals surface area contributed by atoms with Crippen LogP contribution >= 0.6 is 11.5 Å². The van der Waals surface area contributed by atoms with Crippen molar-refractivity contribution in [2.45, 2.75) is 0 Å². The SMILES string of the molecule is O=C(Nc1cnsc1N1CCNCC1)c1cc(-c2ccccc2F)n[nH]1. The third-order valence-electron chi connectivity index (χ3n) is 4.18. The van der Waals surface area contributed by atoms with Gasteiger partial charge < -0.3 is 15.5 Å². The highest BCUT2D eigenvalue weighted by Crippen LogP contribution is 2.31. The van der Waals surface area contributed by atoms with E-state index in [1.54, 1.807) is 24.4 Å². The van der Waals surface area contributed by atoms with Gasteiger partial charge >= 0.3 is 0 Å². The van der Waals surface area contributed by atoms with Crippen molar-refractivity contribution in [1.82, 2.24) is 19.9 Å². The molecule has 2 aromatic heterocycles. The highest BCUT2D eigenvalue weighted by atomic mass is 32.1. The Hall–Kier alpha value is -2.78. The molecule has 1 aliphatic heterocycles. The molecule has 0 spiro atoms. The smallest absolute Gasteiger partial charge is 0.273 e. The molecule has 1 aromatic carbocycles. The van der Waals surface area contributed by atoms with Gasteiger partial charge in [-0.2, -0.15) is 9.47 Å². The molecular formula is C17H17FN6OS. The Morgan fingerprint density at radius 3 is 2.88 bits per heavy atom. The average molecular weight is 372 g/mol. The highest BCUT2D eigenvalue weighted by Gasteiger charge is 2.20. The van der Waals surface area contributed by atoms with Crippen molar-refractivity contribution in [2.75, 3.05) is 36.4 Å². The summed E-state index contributed by atoms with van der Waals surface area (Å²) in [4.78, 5) is 14.7. The number of aromatic nitrogens is 3. The molecule has 1 aliphatic rings. The maximum atomic E-state index is 13.9.